The fourth-order valence-corrected chi connectivity index (χ4v) is 1.84. The lowest BCUT2D eigenvalue weighted by Gasteiger charge is -2.28. The molecule has 0 spiro atoms. The molecule has 13 heavy (non-hydrogen) atoms. The van der Waals surface area contributed by atoms with E-state index in [1.807, 2.05) is 0 Å². The molecular weight excluding hydrogens is 164 g/mol. The molecule has 1 aromatic heterocycles. The minimum Gasteiger partial charge on any atom is -0.292 e. The summed E-state index contributed by atoms with van der Waals surface area (Å²) >= 11 is 0. The van der Waals surface area contributed by atoms with Crippen molar-refractivity contribution in [3.05, 3.63) is 23.8 Å². The summed E-state index contributed by atoms with van der Waals surface area (Å²) in [6.07, 6.45) is 4.68. The maximum atomic E-state index is 11.6. The van der Waals surface area contributed by atoms with Crippen molar-refractivity contribution >= 4 is 5.78 Å². The molecule has 3 nitrogen and oxygen atoms in total. The maximum Gasteiger partial charge on any atom is 0.182 e. The molecule has 0 saturated heterocycles. The van der Waals surface area contributed by atoms with Gasteiger partial charge in [-0.05, 0) is 11.8 Å². The number of aromatic nitrogens is 2. The number of nitrogens with zero attached hydrogens (tertiary/aromatic N) is 2. The Balaban J connectivity index is 2.49. The third-order valence-electron chi connectivity index (χ3n) is 2.36. The highest BCUT2D eigenvalue weighted by atomic mass is 16.1. The second-order valence-electron chi connectivity index (χ2n) is 4.34. The van der Waals surface area contributed by atoms with E-state index in [1.165, 1.54) is 6.33 Å². The Morgan fingerprint density at radius 2 is 2.15 bits per heavy atom. The normalized spacial score (nSPS) is 19.7. The van der Waals surface area contributed by atoms with Gasteiger partial charge in [0.15, 0.2) is 5.78 Å². The average molecular weight is 176 g/mol. The van der Waals surface area contributed by atoms with Crippen LogP contribution in [0.1, 0.15) is 36.3 Å². The summed E-state index contributed by atoms with van der Waals surface area (Å²) < 4.78 is 0. The summed E-state index contributed by atoms with van der Waals surface area (Å²) in [5.41, 5.74) is 1.67. The fourth-order valence-electron chi connectivity index (χ4n) is 1.84. The van der Waals surface area contributed by atoms with Crippen LogP contribution in [-0.4, -0.2) is 15.8 Å². The van der Waals surface area contributed by atoms with E-state index < -0.39 is 0 Å². The van der Waals surface area contributed by atoms with Crippen molar-refractivity contribution in [3.63, 3.8) is 0 Å². The molecule has 3 heteroatoms. The lowest BCUT2D eigenvalue weighted by Crippen LogP contribution is -2.27. The second kappa shape index (κ2) is 2.62. The number of rotatable bonds is 0. The van der Waals surface area contributed by atoms with Crippen LogP contribution in [0.2, 0.25) is 0 Å². The molecule has 0 radical (unpaired) electrons. The molecule has 1 aliphatic carbocycles. The van der Waals surface area contributed by atoms with Crippen LogP contribution in [0.15, 0.2) is 12.5 Å². The summed E-state index contributed by atoms with van der Waals surface area (Å²) in [5, 5.41) is 0. The topological polar surface area (TPSA) is 42.9 Å². The van der Waals surface area contributed by atoms with E-state index in [0.29, 0.717) is 12.1 Å². The van der Waals surface area contributed by atoms with Crippen LogP contribution < -0.4 is 0 Å². The first-order valence-corrected chi connectivity index (χ1v) is 4.41. The van der Waals surface area contributed by atoms with Crippen LogP contribution in [0, 0.1) is 5.41 Å². The molecular formula is C10H12N2O. The number of hydrogen-bond donors (Lipinski definition) is 0. The molecule has 0 fully saturated rings. The maximum absolute atomic E-state index is 11.6. The first kappa shape index (κ1) is 8.35. The number of carbonyl (C=O) groups is 1. The van der Waals surface area contributed by atoms with Crippen LogP contribution >= 0.6 is 0 Å². The van der Waals surface area contributed by atoms with Crippen molar-refractivity contribution in [1.29, 1.82) is 0 Å². The quantitative estimate of drug-likeness (QED) is 0.603. The molecule has 68 valence electrons. The highest BCUT2D eigenvalue weighted by molar-refractivity contribution is 5.96. The van der Waals surface area contributed by atoms with Crippen molar-refractivity contribution in [2.45, 2.75) is 26.7 Å². The lowest BCUT2D eigenvalue weighted by atomic mass is 9.76. The van der Waals surface area contributed by atoms with E-state index in [2.05, 4.69) is 23.8 Å². The van der Waals surface area contributed by atoms with Crippen LogP contribution in [0.5, 0.6) is 0 Å². The molecule has 0 bridgehead atoms. The zero-order valence-corrected chi connectivity index (χ0v) is 7.87. The highest BCUT2D eigenvalue weighted by Gasteiger charge is 2.31. The third kappa shape index (κ3) is 1.46. The highest BCUT2D eigenvalue weighted by Crippen LogP contribution is 2.32. The lowest BCUT2D eigenvalue weighted by molar-refractivity contribution is 0.0905. The molecule has 1 aromatic rings. The summed E-state index contributed by atoms with van der Waals surface area (Å²) in [6.45, 7) is 4.20. The van der Waals surface area contributed by atoms with Crippen LogP contribution in [0.25, 0.3) is 0 Å². The number of fused-ring (bicyclic) bond motifs is 1. The smallest absolute Gasteiger partial charge is 0.182 e. The summed E-state index contributed by atoms with van der Waals surface area (Å²) in [4.78, 5) is 19.6. The van der Waals surface area contributed by atoms with Crippen molar-refractivity contribution in [2.24, 2.45) is 5.41 Å². The Labute approximate surface area is 77.2 Å². The van der Waals surface area contributed by atoms with Crippen LogP contribution in [-0.2, 0) is 6.42 Å². The van der Waals surface area contributed by atoms with Crippen LogP contribution in [0.3, 0.4) is 0 Å². The van der Waals surface area contributed by atoms with Crippen molar-refractivity contribution in [1.82, 2.24) is 9.97 Å². The number of ketones is 1. The third-order valence-corrected chi connectivity index (χ3v) is 2.36. The summed E-state index contributed by atoms with van der Waals surface area (Å²) in [7, 11) is 0. The van der Waals surface area contributed by atoms with Gasteiger partial charge >= 0.3 is 0 Å². The van der Waals surface area contributed by atoms with E-state index >= 15 is 0 Å². The van der Waals surface area contributed by atoms with E-state index in [9.17, 15) is 4.79 Å². The van der Waals surface area contributed by atoms with E-state index in [-0.39, 0.29) is 11.2 Å². The first-order valence-electron chi connectivity index (χ1n) is 4.41. The van der Waals surface area contributed by atoms with Gasteiger partial charge in [-0.25, -0.2) is 9.97 Å². The van der Waals surface area contributed by atoms with Gasteiger partial charge in [0, 0.05) is 18.2 Å². The predicted octanol–water partition coefficient (Wildman–Crippen LogP) is 1.63. The van der Waals surface area contributed by atoms with Gasteiger partial charge in [0.05, 0.1) is 0 Å². The minimum atomic E-state index is 0.0643. The molecule has 0 amide bonds. The molecule has 0 aromatic carbocycles. The summed E-state index contributed by atoms with van der Waals surface area (Å²) in [5.74, 6) is 0.147. The Kier molecular flexibility index (Phi) is 1.68. The van der Waals surface area contributed by atoms with E-state index in [1.54, 1.807) is 6.20 Å². The fraction of sp³-hybridized carbons (Fsp3) is 0.500. The van der Waals surface area contributed by atoms with E-state index in [0.717, 1.165) is 12.0 Å². The van der Waals surface area contributed by atoms with E-state index in [4.69, 9.17) is 0 Å². The molecule has 2 rings (SSSR count). The standard InChI is InChI=1S/C10H12N2O/c1-10(2)3-7-5-11-6-12-9(7)8(13)4-10/h5-6H,3-4H2,1-2H3. The largest absolute Gasteiger partial charge is 0.292 e. The monoisotopic (exact) mass is 176 g/mol. The molecule has 1 heterocycles. The Hall–Kier alpha value is -1.25. The van der Waals surface area contributed by atoms with Gasteiger partial charge in [-0.3, -0.25) is 4.79 Å². The molecule has 0 saturated carbocycles. The van der Waals surface area contributed by atoms with Gasteiger partial charge in [-0.15, -0.1) is 0 Å². The Morgan fingerprint density at radius 3 is 2.92 bits per heavy atom. The molecule has 0 atom stereocenters. The van der Waals surface area contributed by atoms with Gasteiger partial charge in [0.1, 0.15) is 12.0 Å². The second-order valence-corrected chi connectivity index (χ2v) is 4.34. The molecule has 1 aliphatic rings. The number of carbonyl (C=O) groups excluding carboxylic acids is 1. The van der Waals surface area contributed by atoms with Gasteiger partial charge in [-0.2, -0.15) is 0 Å². The zero-order chi connectivity index (χ0) is 9.47. The molecule has 0 N–H and O–H groups in total. The molecule has 0 aliphatic heterocycles. The van der Waals surface area contributed by atoms with Crippen molar-refractivity contribution in [2.75, 3.05) is 0 Å². The van der Waals surface area contributed by atoms with Gasteiger partial charge < -0.3 is 0 Å². The van der Waals surface area contributed by atoms with Crippen molar-refractivity contribution < 1.29 is 4.79 Å². The first-order chi connectivity index (χ1) is 6.08. The number of Topliss-reactive ketones (excluding diaryl/α,β-unsaturated/α-hetero) is 1. The predicted molar refractivity (Wildman–Crippen MR) is 48.5 cm³/mol. The van der Waals surface area contributed by atoms with Crippen LogP contribution in [0.4, 0.5) is 0 Å². The number of hydrogen-bond acceptors (Lipinski definition) is 3. The van der Waals surface area contributed by atoms with Gasteiger partial charge in [-0.1, -0.05) is 13.8 Å². The average Bonchev–Trinajstić information content (AvgIpc) is 2.02. The molecule has 0 unspecified atom stereocenters. The Bertz CT molecular complexity index is 358. The minimum absolute atomic E-state index is 0.0643. The SMILES string of the molecule is CC1(C)CC(=O)c2ncncc2C1. The zero-order valence-electron chi connectivity index (χ0n) is 7.87. The van der Waals surface area contributed by atoms with Gasteiger partial charge in [0.2, 0.25) is 0 Å². The summed E-state index contributed by atoms with van der Waals surface area (Å²) in [6, 6.07) is 0. The Morgan fingerprint density at radius 1 is 1.38 bits per heavy atom. The van der Waals surface area contributed by atoms with Gasteiger partial charge in [0.25, 0.3) is 0 Å². The van der Waals surface area contributed by atoms with Crippen molar-refractivity contribution in [3.8, 4) is 0 Å².